The minimum Gasteiger partial charge on any atom is -0.296 e. The lowest BCUT2D eigenvalue weighted by Crippen LogP contribution is -1.99. The first kappa shape index (κ1) is 14.9. The Kier molecular flexibility index (Phi) is 4.15. The second-order valence-corrected chi connectivity index (χ2v) is 5.47. The van der Waals surface area contributed by atoms with Crippen molar-refractivity contribution in [2.45, 2.75) is 13.8 Å². The van der Waals surface area contributed by atoms with Gasteiger partial charge in [-0.1, -0.05) is 58.8 Å². The fraction of sp³-hybridized carbons (Fsp3) is 0.105. The molecule has 0 N–H and O–H groups in total. The molecule has 0 spiro atoms. The largest absolute Gasteiger partial charge is 0.296 e. The molecule has 0 saturated heterocycles. The highest BCUT2D eigenvalue weighted by Crippen LogP contribution is 2.16. The van der Waals surface area contributed by atoms with Gasteiger partial charge < -0.3 is 0 Å². The van der Waals surface area contributed by atoms with Crippen LogP contribution in [-0.2, 0) is 0 Å². The molecule has 4 heteroatoms. The van der Waals surface area contributed by atoms with Crippen LogP contribution in [0.4, 0.5) is 0 Å². The number of aryl methyl sites for hydroxylation is 2. The molecular weight excluding hydrogens is 286 g/mol. The number of aldehydes is 1. The topological polar surface area (TPSA) is 47.8 Å². The standard InChI is InChI=1S/C19H17N3O/c1-14-3-7-16(8-4-14)9-12-19-18(13-23)20-21-22(19)17-10-5-15(2)6-11-17/h3-13H,1-2H3/b12-9+. The molecule has 1 aromatic heterocycles. The van der Waals surface area contributed by atoms with E-state index in [4.69, 9.17) is 0 Å². The van der Waals surface area contributed by atoms with Gasteiger partial charge in [-0.3, -0.25) is 4.79 Å². The van der Waals surface area contributed by atoms with Crippen molar-refractivity contribution in [3.63, 3.8) is 0 Å². The van der Waals surface area contributed by atoms with Crippen LogP contribution in [0.3, 0.4) is 0 Å². The van der Waals surface area contributed by atoms with E-state index in [0.29, 0.717) is 11.4 Å². The third kappa shape index (κ3) is 3.26. The summed E-state index contributed by atoms with van der Waals surface area (Å²) in [5.74, 6) is 0. The zero-order valence-electron chi connectivity index (χ0n) is 13.1. The third-order valence-electron chi connectivity index (χ3n) is 3.63. The van der Waals surface area contributed by atoms with Crippen LogP contribution in [0.25, 0.3) is 17.8 Å². The minimum absolute atomic E-state index is 0.328. The molecule has 0 aliphatic rings. The zero-order chi connectivity index (χ0) is 16.2. The molecule has 0 saturated carbocycles. The lowest BCUT2D eigenvalue weighted by molar-refractivity contribution is 0.111. The van der Waals surface area contributed by atoms with Gasteiger partial charge in [-0.15, -0.1) is 5.10 Å². The molecule has 2 aromatic carbocycles. The monoisotopic (exact) mass is 303 g/mol. The summed E-state index contributed by atoms with van der Waals surface area (Å²) in [7, 11) is 0. The molecule has 0 radical (unpaired) electrons. The third-order valence-corrected chi connectivity index (χ3v) is 3.63. The van der Waals surface area contributed by atoms with Gasteiger partial charge in [0.25, 0.3) is 0 Å². The summed E-state index contributed by atoms with van der Waals surface area (Å²) in [5, 5.41) is 8.05. The number of rotatable bonds is 4. The van der Waals surface area contributed by atoms with Crippen molar-refractivity contribution in [2.75, 3.05) is 0 Å². The number of hydrogen-bond acceptors (Lipinski definition) is 3. The van der Waals surface area contributed by atoms with E-state index in [9.17, 15) is 4.79 Å². The van der Waals surface area contributed by atoms with Crippen LogP contribution in [0, 0.1) is 13.8 Å². The molecule has 3 aromatic rings. The van der Waals surface area contributed by atoms with Crippen LogP contribution >= 0.6 is 0 Å². The maximum atomic E-state index is 11.2. The van der Waals surface area contributed by atoms with Gasteiger partial charge in [-0.05, 0) is 37.6 Å². The van der Waals surface area contributed by atoms with Gasteiger partial charge >= 0.3 is 0 Å². The number of aromatic nitrogens is 3. The summed E-state index contributed by atoms with van der Waals surface area (Å²) in [4.78, 5) is 11.2. The Morgan fingerprint density at radius 3 is 2.09 bits per heavy atom. The highest BCUT2D eigenvalue weighted by atomic mass is 16.1. The van der Waals surface area contributed by atoms with E-state index >= 15 is 0 Å². The Morgan fingerprint density at radius 2 is 1.48 bits per heavy atom. The SMILES string of the molecule is Cc1ccc(/C=C/c2c(C=O)nnn2-c2ccc(C)cc2)cc1. The van der Waals surface area contributed by atoms with E-state index in [1.54, 1.807) is 4.68 Å². The fourth-order valence-electron chi connectivity index (χ4n) is 2.27. The molecule has 0 aliphatic heterocycles. The summed E-state index contributed by atoms with van der Waals surface area (Å²) in [5.41, 5.74) is 5.31. The Morgan fingerprint density at radius 1 is 0.870 bits per heavy atom. The number of carbonyl (C=O) groups excluding carboxylic acids is 1. The average Bonchev–Trinajstić information content (AvgIpc) is 2.98. The van der Waals surface area contributed by atoms with Crippen LogP contribution < -0.4 is 0 Å². The van der Waals surface area contributed by atoms with Crippen LogP contribution in [0.2, 0.25) is 0 Å². The number of benzene rings is 2. The Bertz CT molecular complexity index is 843. The molecule has 114 valence electrons. The number of hydrogen-bond donors (Lipinski definition) is 0. The minimum atomic E-state index is 0.328. The molecule has 0 unspecified atom stereocenters. The summed E-state index contributed by atoms with van der Waals surface area (Å²) >= 11 is 0. The van der Waals surface area contributed by atoms with Crippen molar-refractivity contribution in [3.8, 4) is 5.69 Å². The van der Waals surface area contributed by atoms with Crippen LogP contribution in [0.15, 0.2) is 48.5 Å². The predicted molar refractivity (Wildman–Crippen MR) is 91.6 cm³/mol. The Labute approximate surface area is 135 Å². The molecule has 0 amide bonds. The summed E-state index contributed by atoms with van der Waals surface area (Å²) in [6.07, 6.45) is 4.55. The maximum absolute atomic E-state index is 11.2. The van der Waals surface area contributed by atoms with Gasteiger partial charge in [-0.2, -0.15) is 0 Å². The van der Waals surface area contributed by atoms with Gasteiger partial charge in [0.05, 0.1) is 11.4 Å². The second-order valence-electron chi connectivity index (χ2n) is 5.47. The predicted octanol–water partition coefficient (Wildman–Crippen LogP) is 3.87. The molecule has 3 rings (SSSR count). The van der Waals surface area contributed by atoms with Crippen molar-refractivity contribution in [2.24, 2.45) is 0 Å². The van der Waals surface area contributed by atoms with Crippen molar-refractivity contribution < 1.29 is 4.79 Å². The molecule has 0 bridgehead atoms. The van der Waals surface area contributed by atoms with E-state index in [1.807, 2.05) is 62.4 Å². The van der Waals surface area contributed by atoms with Crippen LogP contribution in [0.5, 0.6) is 0 Å². The molecular formula is C19H17N3O. The summed E-state index contributed by atoms with van der Waals surface area (Å²) in [6.45, 7) is 4.08. The Balaban J connectivity index is 2.00. The Hall–Kier alpha value is -3.01. The van der Waals surface area contributed by atoms with E-state index in [-0.39, 0.29) is 0 Å². The first-order chi connectivity index (χ1) is 11.2. The highest BCUT2D eigenvalue weighted by Gasteiger charge is 2.11. The summed E-state index contributed by atoms with van der Waals surface area (Å²) in [6, 6.07) is 16.1. The van der Waals surface area contributed by atoms with Gasteiger partial charge in [-0.25, -0.2) is 4.68 Å². The first-order valence-corrected chi connectivity index (χ1v) is 7.40. The van der Waals surface area contributed by atoms with E-state index < -0.39 is 0 Å². The van der Waals surface area contributed by atoms with Crippen molar-refractivity contribution in [1.82, 2.24) is 15.0 Å². The van der Waals surface area contributed by atoms with E-state index in [2.05, 4.69) is 22.4 Å². The van der Waals surface area contributed by atoms with Crippen molar-refractivity contribution >= 4 is 18.4 Å². The van der Waals surface area contributed by atoms with Crippen molar-refractivity contribution in [3.05, 3.63) is 76.6 Å². The quantitative estimate of drug-likeness (QED) is 0.687. The lowest BCUT2D eigenvalue weighted by Gasteiger charge is -2.04. The molecule has 0 fully saturated rings. The maximum Gasteiger partial charge on any atom is 0.172 e. The zero-order valence-corrected chi connectivity index (χ0v) is 13.1. The highest BCUT2D eigenvalue weighted by molar-refractivity contribution is 5.81. The smallest absolute Gasteiger partial charge is 0.172 e. The average molecular weight is 303 g/mol. The van der Waals surface area contributed by atoms with E-state index in [0.717, 1.165) is 17.5 Å². The normalized spacial score (nSPS) is 11.0. The van der Waals surface area contributed by atoms with Gasteiger partial charge in [0.1, 0.15) is 0 Å². The number of carbonyl (C=O) groups is 1. The molecule has 23 heavy (non-hydrogen) atoms. The second kappa shape index (κ2) is 6.40. The molecule has 0 atom stereocenters. The van der Waals surface area contributed by atoms with Crippen molar-refractivity contribution in [1.29, 1.82) is 0 Å². The van der Waals surface area contributed by atoms with Gasteiger partial charge in [0, 0.05) is 0 Å². The van der Waals surface area contributed by atoms with Gasteiger partial charge in [0.15, 0.2) is 12.0 Å². The van der Waals surface area contributed by atoms with E-state index in [1.165, 1.54) is 11.1 Å². The number of nitrogens with zero attached hydrogens (tertiary/aromatic N) is 3. The molecule has 1 heterocycles. The molecule has 0 aliphatic carbocycles. The summed E-state index contributed by atoms with van der Waals surface area (Å²) < 4.78 is 1.67. The fourth-order valence-corrected chi connectivity index (χ4v) is 2.27. The van der Waals surface area contributed by atoms with Crippen LogP contribution in [0.1, 0.15) is 32.9 Å². The van der Waals surface area contributed by atoms with Crippen LogP contribution in [-0.4, -0.2) is 21.3 Å². The van der Waals surface area contributed by atoms with Gasteiger partial charge in [0.2, 0.25) is 0 Å². The molecule has 4 nitrogen and oxygen atoms in total. The first-order valence-electron chi connectivity index (χ1n) is 7.40. The lowest BCUT2D eigenvalue weighted by atomic mass is 10.1.